The number of carboxylic acid groups (broad SMARTS) is 1. The summed E-state index contributed by atoms with van der Waals surface area (Å²) in [5.74, 6) is -1.46. The molecule has 1 aromatic heterocycles. The number of rotatable bonds is 8. The minimum Gasteiger partial charge on any atom is -0.481 e. The van der Waals surface area contributed by atoms with Crippen LogP contribution in [0.1, 0.15) is 35.1 Å². The van der Waals surface area contributed by atoms with Gasteiger partial charge in [-0.1, -0.05) is 78.9 Å². The van der Waals surface area contributed by atoms with E-state index in [0.717, 1.165) is 34.0 Å². The molecule has 39 heavy (non-hydrogen) atoms. The molecule has 0 spiro atoms. The van der Waals surface area contributed by atoms with E-state index >= 15 is 0 Å². The molecule has 1 unspecified atom stereocenters. The zero-order chi connectivity index (χ0) is 27.6. The summed E-state index contributed by atoms with van der Waals surface area (Å²) >= 11 is 0. The van der Waals surface area contributed by atoms with Crippen molar-refractivity contribution in [2.75, 3.05) is 5.32 Å². The fourth-order valence-electron chi connectivity index (χ4n) is 4.60. The summed E-state index contributed by atoms with van der Waals surface area (Å²) in [5.41, 5.74) is 3.92. The third-order valence-electron chi connectivity index (χ3n) is 6.73. The first-order valence-corrected chi connectivity index (χ1v) is 12.5. The topological polar surface area (TPSA) is 67.2 Å². The molecule has 4 aromatic carbocycles. The van der Waals surface area contributed by atoms with E-state index in [4.69, 9.17) is 0 Å². The summed E-state index contributed by atoms with van der Waals surface area (Å²) in [6.07, 6.45) is -4.52. The van der Waals surface area contributed by atoms with Crippen LogP contribution in [0.15, 0.2) is 97.1 Å². The maximum atomic E-state index is 13.8. The number of halogens is 3. The van der Waals surface area contributed by atoms with Crippen molar-refractivity contribution < 1.29 is 23.1 Å². The Labute approximate surface area is 223 Å². The van der Waals surface area contributed by atoms with Gasteiger partial charge >= 0.3 is 12.1 Å². The van der Waals surface area contributed by atoms with E-state index in [-0.39, 0.29) is 5.52 Å². The number of aromatic nitrogens is 2. The lowest BCUT2D eigenvalue weighted by Crippen LogP contribution is -2.07. The SMILES string of the molecule is CC(C(=O)O)c1ccc(CNc2cccc(-c3c4cccc(C(F)(F)F)c4nn3Cc3ccccc3)c2)cc1. The van der Waals surface area contributed by atoms with Crippen molar-refractivity contribution in [2.45, 2.75) is 32.1 Å². The molecule has 2 N–H and O–H groups in total. The smallest absolute Gasteiger partial charge is 0.418 e. The van der Waals surface area contributed by atoms with Crippen LogP contribution in [-0.2, 0) is 24.1 Å². The molecule has 198 valence electrons. The Morgan fingerprint density at radius 3 is 2.33 bits per heavy atom. The fourth-order valence-corrected chi connectivity index (χ4v) is 4.60. The predicted octanol–water partition coefficient (Wildman–Crippen LogP) is 7.57. The summed E-state index contributed by atoms with van der Waals surface area (Å²) in [6, 6.07) is 28.5. The van der Waals surface area contributed by atoms with Crippen LogP contribution >= 0.6 is 0 Å². The highest BCUT2D eigenvalue weighted by Gasteiger charge is 2.34. The molecular weight excluding hydrogens is 503 g/mol. The molecule has 0 aliphatic rings. The molecule has 5 nitrogen and oxygen atoms in total. The molecule has 0 amide bonds. The minimum absolute atomic E-state index is 0.0787. The molecule has 0 saturated heterocycles. The highest BCUT2D eigenvalue weighted by molar-refractivity contribution is 5.95. The van der Waals surface area contributed by atoms with Crippen LogP contribution in [0, 0.1) is 0 Å². The number of hydrogen-bond donors (Lipinski definition) is 2. The zero-order valence-electron chi connectivity index (χ0n) is 21.1. The van der Waals surface area contributed by atoms with Gasteiger partial charge in [-0.25, -0.2) is 0 Å². The van der Waals surface area contributed by atoms with Crippen molar-refractivity contribution in [1.82, 2.24) is 9.78 Å². The first-order chi connectivity index (χ1) is 18.7. The second-order valence-corrected chi connectivity index (χ2v) is 9.43. The van der Waals surface area contributed by atoms with Gasteiger partial charge in [0.1, 0.15) is 5.52 Å². The van der Waals surface area contributed by atoms with Crippen LogP contribution < -0.4 is 5.32 Å². The van der Waals surface area contributed by atoms with E-state index in [1.807, 2.05) is 66.7 Å². The Morgan fingerprint density at radius 1 is 0.923 bits per heavy atom. The summed E-state index contributed by atoms with van der Waals surface area (Å²) in [5, 5.41) is 17.4. The van der Waals surface area contributed by atoms with Crippen molar-refractivity contribution in [3.63, 3.8) is 0 Å². The van der Waals surface area contributed by atoms with Gasteiger partial charge in [-0.2, -0.15) is 18.3 Å². The molecule has 5 rings (SSSR count). The van der Waals surface area contributed by atoms with E-state index in [2.05, 4.69) is 10.4 Å². The Balaban J connectivity index is 1.48. The Bertz CT molecular complexity index is 1610. The molecule has 0 aliphatic heterocycles. The second-order valence-electron chi connectivity index (χ2n) is 9.43. The number of nitrogens with zero attached hydrogens (tertiary/aromatic N) is 2. The maximum Gasteiger partial charge on any atom is 0.418 e. The number of aliphatic carboxylic acids is 1. The number of hydrogen-bond acceptors (Lipinski definition) is 3. The third kappa shape index (κ3) is 5.65. The number of nitrogens with one attached hydrogen (secondary N) is 1. The van der Waals surface area contributed by atoms with Crippen LogP contribution in [0.3, 0.4) is 0 Å². The van der Waals surface area contributed by atoms with E-state index < -0.39 is 23.6 Å². The van der Waals surface area contributed by atoms with Crippen LogP contribution in [0.4, 0.5) is 18.9 Å². The predicted molar refractivity (Wildman–Crippen MR) is 146 cm³/mol. The first kappa shape index (κ1) is 26.0. The summed E-state index contributed by atoms with van der Waals surface area (Å²) in [4.78, 5) is 11.2. The van der Waals surface area contributed by atoms with Gasteiger partial charge in [-0.15, -0.1) is 0 Å². The van der Waals surface area contributed by atoms with E-state index in [1.54, 1.807) is 29.8 Å². The van der Waals surface area contributed by atoms with Crippen molar-refractivity contribution in [1.29, 1.82) is 0 Å². The molecule has 1 heterocycles. The molecule has 0 radical (unpaired) electrons. The molecule has 0 fully saturated rings. The molecular formula is C31H26F3N3O2. The van der Waals surface area contributed by atoms with Crippen molar-refractivity contribution in [3.8, 4) is 11.3 Å². The van der Waals surface area contributed by atoms with Gasteiger partial charge in [0.15, 0.2) is 0 Å². The Kier molecular flexibility index (Phi) is 7.11. The van der Waals surface area contributed by atoms with Crippen molar-refractivity contribution >= 4 is 22.6 Å². The van der Waals surface area contributed by atoms with Crippen molar-refractivity contribution in [2.24, 2.45) is 0 Å². The number of fused-ring (bicyclic) bond motifs is 1. The van der Waals surface area contributed by atoms with E-state index in [0.29, 0.717) is 24.2 Å². The van der Waals surface area contributed by atoms with E-state index in [1.165, 1.54) is 6.07 Å². The monoisotopic (exact) mass is 529 g/mol. The maximum absolute atomic E-state index is 13.8. The average Bonchev–Trinajstić information content (AvgIpc) is 3.29. The zero-order valence-corrected chi connectivity index (χ0v) is 21.1. The number of carbonyl (C=O) groups is 1. The number of benzene rings is 4. The van der Waals surface area contributed by atoms with Crippen LogP contribution in [0.5, 0.6) is 0 Å². The molecule has 1 atom stereocenters. The van der Waals surface area contributed by atoms with Crippen molar-refractivity contribution in [3.05, 3.63) is 119 Å². The minimum atomic E-state index is -4.52. The summed E-state index contributed by atoms with van der Waals surface area (Å²) in [7, 11) is 0. The highest BCUT2D eigenvalue weighted by atomic mass is 19.4. The largest absolute Gasteiger partial charge is 0.481 e. The molecule has 0 bridgehead atoms. The number of carboxylic acids is 1. The summed E-state index contributed by atoms with van der Waals surface area (Å²) < 4.78 is 43.1. The molecule has 0 aliphatic carbocycles. The second kappa shape index (κ2) is 10.6. The standard InChI is InChI=1S/C31H26F3N3O2/c1-20(30(38)39)23-15-13-21(14-16-23)18-35-25-10-5-9-24(17-25)29-26-11-6-12-27(31(32,33)34)28(26)36-37(29)19-22-7-3-2-4-8-22/h2-17,20,35H,18-19H2,1H3,(H,38,39). The Morgan fingerprint density at radius 2 is 1.64 bits per heavy atom. The van der Waals surface area contributed by atoms with Crippen LogP contribution in [0.25, 0.3) is 22.2 Å². The molecule has 5 aromatic rings. The lowest BCUT2D eigenvalue weighted by molar-refractivity contribution is -0.138. The molecule has 0 saturated carbocycles. The van der Waals surface area contributed by atoms with E-state index in [9.17, 15) is 23.1 Å². The lowest BCUT2D eigenvalue weighted by atomic mass is 10.00. The normalized spacial score (nSPS) is 12.4. The van der Waals surface area contributed by atoms with Crippen LogP contribution in [-0.4, -0.2) is 20.9 Å². The van der Waals surface area contributed by atoms with Gasteiger partial charge in [0.25, 0.3) is 0 Å². The third-order valence-corrected chi connectivity index (χ3v) is 6.73. The number of alkyl halides is 3. The van der Waals surface area contributed by atoms with Crippen LogP contribution in [0.2, 0.25) is 0 Å². The van der Waals surface area contributed by atoms with Gasteiger partial charge in [0.2, 0.25) is 0 Å². The fraction of sp³-hybridized carbons (Fsp3) is 0.161. The molecule has 8 heteroatoms. The van der Waals surface area contributed by atoms with Gasteiger partial charge in [-0.05, 0) is 41.8 Å². The average molecular weight is 530 g/mol. The van der Waals surface area contributed by atoms with Gasteiger partial charge in [0.05, 0.1) is 23.7 Å². The van der Waals surface area contributed by atoms with Gasteiger partial charge in [-0.3, -0.25) is 9.48 Å². The lowest BCUT2D eigenvalue weighted by Gasteiger charge is -2.12. The summed E-state index contributed by atoms with van der Waals surface area (Å²) in [6.45, 7) is 2.46. The van der Waals surface area contributed by atoms with Gasteiger partial charge in [0, 0.05) is 23.2 Å². The Hall–Kier alpha value is -4.59. The van der Waals surface area contributed by atoms with Gasteiger partial charge < -0.3 is 10.4 Å². The quantitative estimate of drug-likeness (QED) is 0.218. The first-order valence-electron chi connectivity index (χ1n) is 12.5. The highest BCUT2D eigenvalue weighted by Crippen LogP contribution is 2.38. The number of anilines is 1.